The predicted octanol–water partition coefficient (Wildman–Crippen LogP) is 3.47. The van der Waals surface area contributed by atoms with Crippen molar-refractivity contribution in [3.05, 3.63) is 83.9 Å². The highest BCUT2D eigenvalue weighted by molar-refractivity contribution is 5.77. The minimum atomic E-state index is -0.324. The summed E-state index contributed by atoms with van der Waals surface area (Å²) in [5.41, 5.74) is 2.50. The fraction of sp³-hybridized carbons (Fsp3) is 0.0588. The van der Waals surface area contributed by atoms with Crippen molar-refractivity contribution in [1.82, 2.24) is 14.8 Å². The van der Waals surface area contributed by atoms with Gasteiger partial charge in [-0.05, 0) is 17.7 Å². The second-order valence-electron chi connectivity index (χ2n) is 5.07. The zero-order valence-corrected chi connectivity index (χ0v) is 11.6. The molecular weight excluding hydrogens is 279 g/mol. The first kappa shape index (κ1) is 12.8. The summed E-state index contributed by atoms with van der Waals surface area (Å²) in [5.74, 6) is 0.356. The van der Waals surface area contributed by atoms with Crippen LogP contribution in [0.4, 0.5) is 10.3 Å². The van der Waals surface area contributed by atoms with Gasteiger partial charge in [0, 0.05) is 11.3 Å². The van der Waals surface area contributed by atoms with Gasteiger partial charge in [0.15, 0.2) is 0 Å². The third kappa shape index (κ3) is 2.07. The van der Waals surface area contributed by atoms with Crippen LogP contribution < -0.4 is 5.32 Å². The van der Waals surface area contributed by atoms with Crippen LogP contribution in [0.1, 0.15) is 17.2 Å². The summed E-state index contributed by atoms with van der Waals surface area (Å²) in [7, 11) is 0. The Labute approximate surface area is 126 Å². The van der Waals surface area contributed by atoms with Gasteiger partial charge in [-0.25, -0.2) is 9.07 Å². The second-order valence-corrected chi connectivity index (χ2v) is 5.07. The van der Waals surface area contributed by atoms with Crippen molar-refractivity contribution in [3.8, 4) is 0 Å². The van der Waals surface area contributed by atoms with E-state index in [1.165, 1.54) is 12.4 Å². The van der Waals surface area contributed by atoms with Crippen LogP contribution in [-0.4, -0.2) is 14.8 Å². The molecule has 4 rings (SSSR count). The molecule has 1 atom stereocenters. The molecule has 0 amide bonds. The van der Waals surface area contributed by atoms with Crippen molar-refractivity contribution in [1.29, 1.82) is 0 Å². The molecule has 0 unspecified atom stereocenters. The van der Waals surface area contributed by atoms with Crippen molar-refractivity contribution >= 4 is 11.6 Å². The maximum atomic E-state index is 14.2. The highest BCUT2D eigenvalue weighted by Gasteiger charge is 2.25. The van der Waals surface area contributed by atoms with Crippen LogP contribution in [0.25, 0.3) is 5.70 Å². The van der Waals surface area contributed by atoms with E-state index in [0.717, 1.165) is 11.3 Å². The van der Waals surface area contributed by atoms with Crippen molar-refractivity contribution < 1.29 is 4.39 Å². The summed E-state index contributed by atoms with van der Waals surface area (Å²) in [6.45, 7) is 0. The average Bonchev–Trinajstić information content (AvgIpc) is 3.04. The molecule has 1 aromatic heterocycles. The minimum absolute atomic E-state index is 0.250. The molecule has 4 nitrogen and oxygen atoms in total. The van der Waals surface area contributed by atoms with E-state index in [4.69, 9.17) is 0 Å². The fourth-order valence-electron chi connectivity index (χ4n) is 2.66. The molecule has 1 aliphatic rings. The fourth-order valence-corrected chi connectivity index (χ4v) is 2.66. The zero-order valence-electron chi connectivity index (χ0n) is 11.6. The summed E-state index contributed by atoms with van der Waals surface area (Å²) in [6.07, 6.45) is 3.44. The minimum Gasteiger partial charge on any atom is -0.324 e. The van der Waals surface area contributed by atoms with Crippen LogP contribution in [-0.2, 0) is 0 Å². The molecule has 1 aliphatic heterocycles. The molecule has 0 spiro atoms. The number of nitrogens with zero attached hydrogens (tertiary/aromatic N) is 3. The van der Waals surface area contributed by atoms with E-state index >= 15 is 0 Å². The first-order valence-electron chi connectivity index (χ1n) is 7.01. The second kappa shape index (κ2) is 5.11. The molecule has 0 saturated heterocycles. The number of hydrogen-bond donors (Lipinski definition) is 1. The summed E-state index contributed by atoms with van der Waals surface area (Å²) in [6, 6.07) is 16.3. The van der Waals surface area contributed by atoms with Crippen LogP contribution in [0.2, 0.25) is 0 Å². The lowest BCUT2D eigenvalue weighted by molar-refractivity contribution is 0.551. The first-order valence-corrected chi connectivity index (χ1v) is 7.01. The highest BCUT2D eigenvalue weighted by Crippen LogP contribution is 2.32. The molecule has 22 heavy (non-hydrogen) atoms. The molecule has 2 aromatic carbocycles. The van der Waals surface area contributed by atoms with E-state index in [9.17, 15) is 4.39 Å². The zero-order chi connectivity index (χ0) is 14.9. The standard InChI is InChI=1S/C17H13FN4/c18-14-9-5-4-8-13(14)16-10-15(12-6-2-1-3-7-12)21-17-19-11-20-22(16)17/h1-11,16H,(H,19,20,21)/t16-/m0/s1. The van der Waals surface area contributed by atoms with Crippen molar-refractivity contribution in [2.24, 2.45) is 0 Å². The van der Waals surface area contributed by atoms with E-state index in [1.807, 2.05) is 42.5 Å². The van der Waals surface area contributed by atoms with Crippen LogP contribution >= 0.6 is 0 Å². The van der Waals surface area contributed by atoms with Crippen molar-refractivity contribution in [3.63, 3.8) is 0 Å². The van der Waals surface area contributed by atoms with E-state index in [1.54, 1.807) is 16.8 Å². The number of anilines is 1. The Hall–Kier alpha value is -2.95. The number of benzene rings is 2. The monoisotopic (exact) mass is 292 g/mol. The summed E-state index contributed by atoms with van der Waals surface area (Å²) < 4.78 is 15.9. The Balaban J connectivity index is 1.86. The van der Waals surface area contributed by atoms with Crippen LogP contribution in [0.15, 0.2) is 67.0 Å². The van der Waals surface area contributed by atoms with E-state index in [-0.39, 0.29) is 11.9 Å². The van der Waals surface area contributed by atoms with Gasteiger partial charge >= 0.3 is 0 Å². The van der Waals surface area contributed by atoms with Crippen LogP contribution in [0.5, 0.6) is 0 Å². The molecule has 0 saturated carbocycles. The first-order chi connectivity index (χ1) is 10.8. The Kier molecular flexibility index (Phi) is 2.96. The highest BCUT2D eigenvalue weighted by atomic mass is 19.1. The quantitative estimate of drug-likeness (QED) is 0.786. The Bertz CT molecular complexity index is 839. The smallest absolute Gasteiger partial charge is 0.226 e. The SMILES string of the molecule is Fc1ccccc1[C@@H]1C=C(c2ccccc2)Nc2ncnn21. The number of nitrogens with one attached hydrogen (secondary N) is 1. The van der Waals surface area contributed by atoms with Gasteiger partial charge in [-0.15, -0.1) is 0 Å². The number of allylic oxidation sites excluding steroid dienone is 1. The largest absolute Gasteiger partial charge is 0.324 e. The van der Waals surface area contributed by atoms with Gasteiger partial charge in [0.25, 0.3) is 0 Å². The lowest BCUT2D eigenvalue weighted by atomic mass is 10.0. The molecule has 3 aromatic rings. The number of fused-ring (bicyclic) bond motifs is 1. The molecule has 0 bridgehead atoms. The molecule has 108 valence electrons. The number of hydrogen-bond acceptors (Lipinski definition) is 3. The molecule has 0 radical (unpaired) electrons. The molecule has 2 heterocycles. The third-order valence-electron chi connectivity index (χ3n) is 3.72. The average molecular weight is 292 g/mol. The third-order valence-corrected chi connectivity index (χ3v) is 3.72. The van der Waals surface area contributed by atoms with Crippen molar-refractivity contribution in [2.75, 3.05) is 5.32 Å². The van der Waals surface area contributed by atoms with Crippen LogP contribution in [0.3, 0.4) is 0 Å². The molecular formula is C17H13FN4. The van der Waals surface area contributed by atoms with Gasteiger partial charge in [0.2, 0.25) is 5.95 Å². The lowest BCUT2D eigenvalue weighted by Crippen LogP contribution is -2.21. The lowest BCUT2D eigenvalue weighted by Gasteiger charge is -2.24. The van der Waals surface area contributed by atoms with Gasteiger partial charge < -0.3 is 5.32 Å². The topological polar surface area (TPSA) is 42.7 Å². The van der Waals surface area contributed by atoms with Crippen molar-refractivity contribution in [2.45, 2.75) is 6.04 Å². The maximum Gasteiger partial charge on any atom is 0.226 e. The molecule has 0 fully saturated rings. The van der Waals surface area contributed by atoms with Gasteiger partial charge in [-0.2, -0.15) is 10.1 Å². The number of aromatic nitrogens is 3. The normalized spacial score (nSPS) is 16.6. The van der Waals surface area contributed by atoms with E-state index < -0.39 is 0 Å². The Morgan fingerprint density at radius 1 is 1.00 bits per heavy atom. The van der Waals surface area contributed by atoms with Gasteiger partial charge in [0.05, 0.1) is 0 Å². The van der Waals surface area contributed by atoms with Crippen LogP contribution in [0, 0.1) is 5.82 Å². The van der Waals surface area contributed by atoms with E-state index in [0.29, 0.717) is 11.5 Å². The summed E-state index contributed by atoms with van der Waals surface area (Å²) in [5, 5.41) is 7.46. The predicted molar refractivity (Wildman–Crippen MR) is 82.6 cm³/mol. The maximum absolute atomic E-state index is 14.2. The molecule has 5 heteroatoms. The summed E-state index contributed by atoms with van der Waals surface area (Å²) in [4.78, 5) is 4.22. The van der Waals surface area contributed by atoms with E-state index in [2.05, 4.69) is 15.4 Å². The number of rotatable bonds is 2. The Morgan fingerprint density at radius 2 is 1.77 bits per heavy atom. The summed E-state index contributed by atoms with van der Waals surface area (Å²) >= 11 is 0. The Morgan fingerprint density at radius 3 is 2.59 bits per heavy atom. The molecule has 0 aliphatic carbocycles. The molecule has 1 N–H and O–H groups in total. The van der Waals surface area contributed by atoms with Gasteiger partial charge in [0.1, 0.15) is 18.2 Å². The van der Waals surface area contributed by atoms with Gasteiger partial charge in [-0.3, -0.25) is 0 Å². The number of halogens is 1. The van der Waals surface area contributed by atoms with Gasteiger partial charge in [-0.1, -0.05) is 48.5 Å².